The number of fused-ring (bicyclic) bond motifs is 1. The second-order valence-corrected chi connectivity index (χ2v) is 6.94. The third-order valence-electron chi connectivity index (χ3n) is 3.81. The van der Waals surface area contributed by atoms with Gasteiger partial charge in [-0.05, 0) is 48.5 Å². The third-order valence-corrected chi connectivity index (χ3v) is 4.01. The Morgan fingerprint density at radius 2 is 2.07 bits per heavy atom. The molecule has 0 radical (unpaired) electrons. The SMILES string of the molecule is COc1ccc2oc(-c3cccc(NC(=S)NC(=O)CC(C)C)c3)nc2c1. The summed E-state index contributed by atoms with van der Waals surface area (Å²) in [7, 11) is 1.61. The topological polar surface area (TPSA) is 76.4 Å². The molecular formula is C20H21N3O3S. The molecule has 0 aliphatic rings. The summed E-state index contributed by atoms with van der Waals surface area (Å²) in [6, 6.07) is 13.0. The number of hydrogen-bond donors (Lipinski definition) is 2. The maximum absolute atomic E-state index is 11.8. The van der Waals surface area contributed by atoms with Gasteiger partial charge in [-0.25, -0.2) is 4.98 Å². The van der Waals surface area contributed by atoms with Crippen LogP contribution in [0.2, 0.25) is 0 Å². The number of carbonyl (C=O) groups excluding carboxylic acids is 1. The highest BCUT2D eigenvalue weighted by Crippen LogP contribution is 2.28. The molecule has 0 saturated heterocycles. The number of nitrogens with one attached hydrogen (secondary N) is 2. The Hall–Kier alpha value is -2.93. The van der Waals surface area contributed by atoms with Crippen molar-refractivity contribution in [3.63, 3.8) is 0 Å². The first-order valence-corrected chi connectivity index (χ1v) is 9.01. The van der Waals surface area contributed by atoms with Crippen LogP contribution in [0.5, 0.6) is 5.75 Å². The van der Waals surface area contributed by atoms with Crippen molar-refractivity contribution in [3.8, 4) is 17.2 Å². The van der Waals surface area contributed by atoms with Crippen LogP contribution < -0.4 is 15.4 Å². The molecule has 0 bridgehead atoms. The van der Waals surface area contributed by atoms with E-state index in [1.807, 2.05) is 56.3 Å². The average molecular weight is 383 g/mol. The van der Waals surface area contributed by atoms with Crippen LogP contribution in [0.15, 0.2) is 46.9 Å². The van der Waals surface area contributed by atoms with Gasteiger partial charge in [0, 0.05) is 23.7 Å². The number of ether oxygens (including phenoxy) is 1. The normalized spacial score (nSPS) is 10.8. The van der Waals surface area contributed by atoms with Gasteiger partial charge in [0.2, 0.25) is 11.8 Å². The van der Waals surface area contributed by atoms with Crippen molar-refractivity contribution in [1.82, 2.24) is 10.3 Å². The third kappa shape index (κ3) is 4.83. The number of anilines is 1. The summed E-state index contributed by atoms with van der Waals surface area (Å²) in [5.74, 6) is 1.39. The molecule has 1 heterocycles. The van der Waals surface area contributed by atoms with Crippen molar-refractivity contribution in [2.24, 2.45) is 5.92 Å². The lowest BCUT2D eigenvalue weighted by molar-refractivity contribution is -0.120. The Balaban J connectivity index is 1.75. The monoisotopic (exact) mass is 383 g/mol. The Morgan fingerprint density at radius 1 is 1.26 bits per heavy atom. The number of thiocarbonyl (C=S) groups is 1. The summed E-state index contributed by atoms with van der Waals surface area (Å²) in [5.41, 5.74) is 2.94. The first-order chi connectivity index (χ1) is 12.9. The van der Waals surface area contributed by atoms with Crippen molar-refractivity contribution in [3.05, 3.63) is 42.5 Å². The predicted octanol–water partition coefficient (Wildman–Crippen LogP) is 4.36. The van der Waals surface area contributed by atoms with Crippen LogP contribution in [0.3, 0.4) is 0 Å². The predicted molar refractivity (Wildman–Crippen MR) is 110 cm³/mol. The molecule has 0 unspecified atom stereocenters. The smallest absolute Gasteiger partial charge is 0.227 e. The van der Waals surface area contributed by atoms with Crippen molar-refractivity contribution >= 4 is 40.0 Å². The molecule has 0 spiro atoms. The van der Waals surface area contributed by atoms with Crippen LogP contribution >= 0.6 is 12.2 Å². The van der Waals surface area contributed by atoms with Gasteiger partial charge in [0.25, 0.3) is 0 Å². The lowest BCUT2D eigenvalue weighted by Gasteiger charge is -2.11. The van der Waals surface area contributed by atoms with Gasteiger partial charge in [-0.3, -0.25) is 4.79 Å². The van der Waals surface area contributed by atoms with Crippen molar-refractivity contribution in [2.45, 2.75) is 20.3 Å². The maximum atomic E-state index is 11.8. The first kappa shape index (κ1) is 18.8. The Labute approximate surface area is 162 Å². The van der Waals surface area contributed by atoms with E-state index in [2.05, 4.69) is 15.6 Å². The van der Waals surface area contributed by atoms with Crippen LogP contribution in [-0.4, -0.2) is 23.1 Å². The van der Waals surface area contributed by atoms with Gasteiger partial charge < -0.3 is 19.8 Å². The van der Waals surface area contributed by atoms with E-state index in [1.54, 1.807) is 7.11 Å². The van der Waals surface area contributed by atoms with Gasteiger partial charge in [-0.1, -0.05) is 19.9 Å². The Bertz CT molecular complexity index is 982. The first-order valence-electron chi connectivity index (χ1n) is 8.60. The zero-order valence-corrected chi connectivity index (χ0v) is 16.2. The molecule has 0 atom stereocenters. The highest BCUT2D eigenvalue weighted by Gasteiger charge is 2.11. The quantitative estimate of drug-likeness (QED) is 0.638. The van der Waals surface area contributed by atoms with Crippen molar-refractivity contribution in [2.75, 3.05) is 12.4 Å². The van der Waals surface area contributed by atoms with Gasteiger partial charge in [-0.2, -0.15) is 0 Å². The number of rotatable bonds is 5. The van der Waals surface area contributed by atoms with Crippen LogP contribution in [0.25, 0.3) is 22.6 Å². The summed E-state index contributed by atoms with van der Waals surface area (Å²) in [4.78, 5) is 16.3. The van der Waals surface area contributed by atoms with E-state index in [1.165, 1.54) is 0 Å². The number of oxazole rings is 1. The van der Waals surface area contributed by atoms with E-state index in [4.69, 9.17) is 21.4 Å². The molecule has 27 heavy (non-hydrogen) atoms. The fourth-order valence-electron chi connectivity index (χ4n) is 2.60. The molecule has 0 fully saturated rings. The summed E-state index contributed by atoms with van der Waals surface area (Å²) in [6.07, 6.45) is 0.425. The van der Waals surface area contributed by atoms with E-state index < -0.39 is 0 Å². The van der Waals surface area contributed by atoms with Gasteiger partial charge in [-0.15, -0.1) is 0 Å². The fraction of sp³-hybridized carbons (Fsp3) is 0.250. The second-order valence-electron chi connectivity index (χ2n) is 6.53. The minimum atomic E-state index is -0.105. The lowest BCUT2D eigenvalue weighted by atomic mass is 10.1. The molecule has 6 nitrogen and oxygen atoms in total. The molecule has 0 saturated carbocycles. The number of hydrogen-bond acceptors (Lipinski definition) is 5. The number of amides is 1. The standard InChI is InChI=1S/C20H21N3O3S/c1-12(2)9-18(24)23-20(27)21-14-6-4-5-13(10-14)19-22-16-11-15(25-3)7-8-17(16)26-19/h4-8,10-12H,9H2,1-3H3,(H2,21,23,24,27). The molecule has 3 rings (SSSR count). The van der Waals surface area contributed by atoms with Gasteiger partial charge in [0.05, 0.1) is 7.11 Å². The number of aromatic nitrogens is 1. The maximum Gasteiger partial charge on any atom is 0.227 e. The highest BCUT2D eigenvalue weighted by molar-refractivity contribution is 7.80. The molecule has 0 aliphatic carbocycles. The van der Waals surface area contributed by atoms with Crippen LogP contribution in [0, 0.1) is 5.92 Å². The zero-order chi connectivity index (χ0) is 19.4. The number of benzene rings is 2. The van der Waals surface area contributed by atoms with Crippen molar-refractivity contribution in [1.29, 1.82) is 0 Å². The molecule has 0 aliphatic heterocycles. The number of methoxy groups -OCH3 is 1. The molecule has 1 amide bonds. The average Bonchev–Trinajstić information content (AvgIpc) is 3.04. The van der Waals surface area contributed by atoms with Gasteiger partial charge >= 0.3 is 0 Å². The zero-order valence-electron chi connectivity index (χ0n) is 15.4. The van der Waals surface area contributed by atoms with E-state index in [-0.39, 0.29) is 16.9 Å². The van der Waals surface area contributed by atoms with E-state index in [0.717, 1.165) is 22.5 Å². The van der Waals surface area contributed by atoms with E-state index in [0.29, 0.717) is 17.9 Å². The van der Waals surface area contributed by atoms with E-state index >= 15 is 0 Å². The Morgan fingerprint density at radius 3 is 2.81 bits per heavy atom. The summed E-state index contributed by atoms with van der Waals surface area (Å²) in [6.45, 7) is 3.96. The van der Waals surface area contributed by atoms with Crippen LogP contribution in [0.4, 0.5) is 5.69 Å². The Kier molecular flexibility index (Phi) is 5.71. The minimum Gasteiger partial charge on any atom is -0.497 e. The molecule has 140 valence electrons. The molecule has 7 heteroatoms. The van der Waals surface area contributed by atoms with Crippen LogP contribution in [0.1, 0.15) is 20.3 Å². The number of nitrogens with zero attached hydrogens (tertiary/aromatic N) is 1. The van der Waals surface area contributed by atoms with Gasteiger partial charge in [0.15, 0.2) is 10.7 Å². The summed E-state index contributed by atoms with van der Waals surface area (Å²) < 4.78 is 11.0. The second kappa shape index (κ2) is 8.18. The van der Waals surface area contributed by atoms with Gasteiger partial charge in [0.1, 0.15) is 11.3 Å². The molecule has 2 N–H and O–H groups in total. The van der Waals surface area contributed by atoms with Crippen molar-refractivity contribution < 1.29 is 13.9 Å². The molecule has 2 aromatic carbocycles. The summed E-state index contributed by atoms with van der Waals surface area (Å²) in [5, 5.41) is 5.96. The summed E-state index contributed by atoms with van der Waals surface area (Å²) >= 11 is 5.21. The molecular weight excluding hydrogens is 362 g/mol. The van der Waals surface area contributed by atoms with Crippen LogP contribution in [-0.2, 0) is 4.79 Å². The molecule has 3 aromatic rings. The lowest BCUT2D eigenvalue weighted by Crippen LogP contribution is -2.34. The number of carbonyl (C=O) groups is 1. The highest BCUT2D eigenvalue weighted by atomic mass is 32.1. The minimum absolute atomic E-state index is 0.105. The largest absolute Gasteiger partial charge is 0.497 e. The van der Waals surface area contributed by atoms with E-state index in [9.17, 15) is 4.79 Å². The fourth-order valence-corrected chi connectivity index (χ4v) is 2.83. The molecule has 1 aromatic heterocycles.